The van der Waals surface area contributed by atoms with Crippen molar-refractivity contribution in [1.82, 2.24) is 14.8 Å². The Bertz CT molecular complexity index is 870. The van der Waals surface area contributed by atoms with Crippen LogP contribution in [-0.4, -0.2) is 32.6 Å². The van der Waals surface area contributed by atoms with E-state index in [9.17, 15) is 14.9 Å². The average molecular weight is 329 g/mol. The minimum Gasteiger partial charge on any atom is -0.490 e. The van der Waals surface area contributed by atoms with Gasteiger partial charge in [-0.05, 0) is 25.5 Å². The van der Waals surface area contributed by atoms with E-state index < -0.39 is 11.0 Å². The molecule has 3 rings (SSSR count). The SMILES string of the molecule is COc1ccc([C@H]2C(C(C)=O)=C(C)Nc3ncnn32)cc1[N+](=O)[O-]. The highest BCUT2D eigenvalue weighted by Gasteiger charge is 2.33. The zero-order chi connectivity index (χ0) is 17.4. The number of ketones is 1. The summed E-state index contributed by atoms with van der Waals surface area (Å²) in [6, 6.07) is 4.00. The van der Waals surface area contributed by atoms with Gasteiger partial charge in [0, 0.05) is 17.3 Å². The molecule has 0 saturated heterocycles. The second-order valence-corrected chi connectivity index (χ2v) is 5.34. The number of hydrogen-bond acceptors (Lipinski definition) is 7. The molecule has 0 spiro atoms. The van der Waals surface area contributed by atoms with Gasteiger partial charge in [-0.2, -0.15) is 10.1 Å². The summed E-state index contributed by atoms with van der Waals surface area (Å²) in [4.78, 5) is 27.0. The van der Waals surface area contributed by atoms with Crippen molar-refractivity contribution in [1.29, 1.82) is 0 Å². The van der Waals surface area contributed by atoms with Gasteiger partial charge >= 0.3 is 5.69 Å². The first kappa shape index (κ1) is 15.7. The van der Waals surface area contributed by atoms with E-state index in [1.165, 1.54) is 37.2 Å². The third-order valence-electron chi connectivity index (χ3n) is 3.89. The summed E-state index contributed by atoms with van der Waals surface area (Å²) in [6.07, 6.45) is 1.36. The van der Waals surface area contributed by atoms with E-state index in [1.807, 2.05) is 0 Å². The average Bonchev–Trinajstić information content (AvgIpc) is 3.00. The quantitative estimate of drug-likeness (QED) is 0.675. The molecule has 9 heteroatoms. The lowest BCUT2D eigenvalue weighted by Gasteiger charge is -2.28. The van der Waals surface area contributed by atoms with Gasteiger partial charge in [0.15, 0.2) is 11.5 Å². The van der Waals surface area contributed by atoms with Crippen LogP contribution in [0, 0.1) is 10.1 Å². The zero-order valence-electron chi connectivity index (χ0n) is 13.3. The maximum Gasteiger partial charge on any atom is 0.311 e. The van der Waals surface area contributed by atoms with Crippen LogP contribution in [0.1, 0.15) is 25.5 Å². The number of carbonyl (C=O) groups excluding carboxylic acids is 1. The van der Waals surface area contributed by atoms with E-state index in [0.29, 0.717) is 22.8 Å². The number of nitro benzene ring substituents is 1. The largest absolute Gasteiger partial charge is 0.490 e. The predicted octanol–water partition coefficient (Wildman–Crippen LogP) is 2.07. The third kappa shape index (κ3) is 2.39. The Morgan fingerprint density at radius 1 is 1.46 bits per heavy atom. The monoisotopic (exact) mass is 329 g/mol. The molecule has 0 radical (unpaired) electrons. The molecule has 124 valence electrons. The molecule has 1 aromatic heterocycles. The predicted molar refractivity (Wildman–Crippen MR) is 84.8 cm³/mol. The number of allylic oxidation sites excluding steroid dienone is 2. The van der Waals surface area contributed by atoms with Gasteiger partial charge in [-0.1, -0.05) is 6.07 Å². The Morgan fingerprint density at radius 2 is 2.21 bits per heavy atom. The first-order valence-corrected chi connectivity index (χ1v) is 7.14. The van der Waals surface area contributed by atoms with Crippen molar-refractivity contribution in [2.75, 3.05) is 12.4 Å². The van der Waals surface area contributed by atoms with Crippen molar-refractivity contribution >= 4 is 17.4 Å². The number of nitro groups is 1. The smallest absolute Gasteiger partial charge is 0.311 e. The fraction of sp³-hybridized carbons (Fsp3) is 0.267. The van der Waals surface area contributed by atoms with E-state index >= 15 is 0 Å². The van der Waals surface area contributed by atoms with Gasteiger partial charge in [0.25, 0.3) is 0 Å². The molecule has 2 aromatic rings. The van der Waals surface area contributed by atoms with Crippen LogP contribution < -0.4 is 10.1 Å². The lowest BCUT2D eigenvalue weighted by atomic mass is 9.93. The summed E-state index contributed by atoms with van der Waals surface area (Å²) >= 11 is 0. The van der Waals surface area contributed by atoms with Gasteiger partial charge in [0.2, 0.25) is 5.95 Å². The molecule has 1 atom stereocenters. The molecule has 1 aliphatic rings. The van der Waals surface area contributed by atoms with Crippen molar-refractivity contribution in [3.05, 3.63) is 51.5 Å². The van der Waals surface area contributed by atoms with Crippen LogP contribution >= 0.6 is 0 Å². The van der Waals surface area contributed by atoms with E-state index in [2.05, 4.69) is 15.4 Å². The molecule has 0 bridgehead atoms. The Labute approximate surface area is 137 Å². The van der Waals surface area contributed by atoms with Crippen molar-refractivity contribution in [3.8, 4) is 5.75 Å². The molecule has 0 saturated carbocycles. The number of nitrogens with one attached hydrogen (secondary N) is 1. The van der Waals surface area contributed by atoms with Crippen LogP contribution in [0.25, 0.3) is 0 Å². The van der Waals surface area contributed by atoms with Crippen LogP contribution in [-0.2, 0) is 4.79 Å². The topological polar surface area (TPSA) is 112 Å². The van der Waals surface area contributed by atoms with E-state index in [0.717, 1.165) is 0 Å². The maximum absolute atomic E-state index is 12.1. The second kappa shape index (κ2) is 5.76. The number of benzene rings is 1. The molecule has 1 N–H and O–H groups in total. The van der Waals surface area contributed by atoms with Gasteiger partial charge < -0.3 is 10.1 Å². The van der Waals surface area contributed by atoms with Crippen LogP contribution in [0.5, 0.6) is 5.75 Å². The minimum atomic E-state index is -0.592. The molecule has 2 heterocycles. The van der Waals surface area contributed by atoms with Crippen LogP contribution in [0.2, 0.25) is 0 Å². The van der Waals surface area contributed by atoms with Gasteiger partial charge in [-0.3, -0.25) is 14.9 Å². The summed E-state index contributed by atoms with van der Waals surface area (Å²) in [6.45, 7) is 3.22. The maximum atomic E-state index is 12.1. The number of carbonyl (C=O) groups is 1. The number of fused-ring (bicyclic) bond motifs is 1. The molecular weight excluding hydrogens is 314 g/mol. The third-order valence-corrected chi connectivity index (χ3v) is 3.89. The number of aromatic nitrogens is 3. The number of methoxy groups -OCH3 is 1. The van der Waals surface area contributed by atoms with E-state index in [1.54, 1.807) is 13.0 Å². The number of nitrogens with zero attached hydrogens (tertiary/aromatic N) is 4. The van der Waals surface area contributed by atoms with Crippen molar-refractivity contribution in [3.63, 3.8) is 0 Å². The molecule has 0 unspecified atom stereocenters. The van der Waals surface area contributed by atoms with Gasteiger partial charge in [-0.25, -0.2) is 4.68 Å². The van der Waals surface area contributed by atoms with Crippen molar-refractivity contribution < 1.29 is 14.5 Å². The number of rotatable bonds is 4. The molecule has 24 heavy (non-hydrogen) atoms. The van der Waals surface area contributed by atoms with Gasteiger partial charge in [-0.15, -0.1) is 0 Å². The highest BCUT2D eigenvalue weighted by atomic mass is 16.6. The van der Waals surface area contributed by atoms with Crippen molar-refractivity contribution in [2.24, 2.45) is 0 Å². The second-order valence-electron chi connectivity index (χ2n) is 5.34. The summed E-state index contributed by atoms with van der Waals surface area (Å²) in [5.41, 5.74) is 1.51. The standard InChI is InChI=1S/C15H15N5O4/c1-8-13(9(2)21)14(19-15(18-8)16-7-17-19)10-4-5-12(24-3)11(6-10)20(22)23/h4-7,14H,1-3H3,(H,16,17,18)/t14-/m0/s1. The number of Topliss-reactive ketones (excluding diaryl/α,β-unsaturated/α-hetero) is 1. The number of hydrogen-bond donors (Lipinski definition) is 1. The number of anilines is 1. The first-order chi connectivity index (χ1) is 11.4. The Balaban J connectivity index is 2.22. The van der Waals surface area contributed by atoms with E-state index in [4.69, 9.17) is 4.74 Å². The fourth-order valence-corrected chi connectivity index (χ4v) is 2.88. The summed E-state index contributed by atoms with van der Waals surface area (Å²) in [5.74, 6) is 0.479. The van der Waals surface area contributed by atoms with Crippen molar-refractivity contribution in [2.45, 2.75) is 19.9 Å². The fourth-order valence-electron chi connectivity index (χ4n) is 2.88. The Kier molecular flexibility index (Phi) is 3.76. The minimum absolute atomic E-state index is 0.148. The van der Waals surface area contributed by atoms with Crippen LogP contribution in [0.4, 0.5) is 11.6 Å². The molecule has 0 amide bonds. The molecule has 9 nitrogen and oxygen atoms in total. The molecule has 0 aliphatic carbocycles. The van der Waals surface area contributed by atoms with Gasteiger partial charge in [0.1, 0.15) is 12.4 Å². The van der Waals surface area contributed by atoms with Crippen LogP contribution in [0.3, 0.4) is 0 Å². The van der Waals surface area contributed by atoms with E-state index in [-0.39, 0.29) is 17.2 Å². The summed E-state index contributed by atoms with van der Waals surface area (Å²) in [5, 5.41) is 18.5. The lowest BCUT2D eigenvalue weighted by molar-refractivity contribution is -0.385. The normalized spacial score (nSPS) is 16.4. The molecule has 1 aromatic carbocycles. The Morgan fingerprint density at radius 3 is 2.83 bits per heavy atom. The summed E-state index contributed by atoms with van der Waals surface area (Å²) < 4.78 is 6.57. The molecule has 0 fully saturated rings. The molecular formula is C15H15N5O4. The van der Waals surface area contributed by atoms with Crippen LogP contribution in [0.15, 0.2) is 35.8 Å². The first-order valence-electron chi connectivity index (χ1n) is 7.14. The highest BCUT2D eigenvalue weighted by Crippen LogP contribution is 2.38. The highest BCUT2D eigenvalue weighted by molar-refractivity contribution is 5.96. The molecule has 1 aliphatic heterocycles. The Hall–Kier alpha value is -3.23. The van der Waals surface area contributed by atoms with Gasteiger partial charge in [0.05, 0.1) is 12.0 Å². The lowest BCUT2D eigenvalue weighted by Crippen LogP contribution is -2.27. The number of ether oxygens (including phenoxy) is 1. The summed E-state index contributed by atoms with van der Waals surface area (Å²) in [7, 11) is 1.37. The zero-order valence-corrected chi connectivity index (χ0v) is 13.3.